The minimum Gasteiger partial charge on any atom is -0.134 e. The van der Waals surface area contributed by atoms with Gasteiger partial charge in [-0.3, -0.25) is 0 Å². The van der Waals surface area contributed by atoms with Gasteiger partial charge in [0, 0.05) is 4.47 Å². The maximum atomic E-state index is 3.57. The van der Waals surface area contributed by atoms with Gasteiger partial charge in [0.25, 0.3) is 0 Å². The molecule has 0 atom stereocenters. The molecule has 18 heavy (non-hydrogen) atoms. The second-order valence-electron chi connectivity index (χ2n) is 4.22. The van der Waals surface area contributed by atoms with E-state index in [0.717, 1.165) is 10.2 Å². The summed E-state index contributed by atoms with van der Waals surface area (Å²) < 4.78 is 1.14. The summed E-state index contributed by atoms with van der Waals surface area (Å²) in [5.41, 5.74) is 6.74. The highest BCUT2D eigenvalue weighted by molar-refractivity contribution is 9.10. The molecule has 0 saturated heterocycles. The molecule has 0 spiro atoms. The van der Waals surface area contributed by atoms with Gasteiger partial charge < -0.3 is 0 Å². The molecule has 0 heterocycles. The van der Waals surface area contributed by atoms with E-state index in [9.17, 15) is 0 Å². The Morgan fingerprint density at radius 2 is 1.72 bits per heavy atom. The molecule has 0 amide bonds. The molecule has 0 nitrogen and oxygen atoms in total. The molecule has 2 aromatic carbocycles. The summed E-state index contributed by atoms with van der Waals surface area (Å²) in [6.07, 6.45) is 0. The Kier molecular flexibility index (Phi) is 3.31. The van der Waals surface area contributed by atoms with Crippen LogP contribution in [0.1, 0.15) is 18.1 Å². The largest absolute Gasteiger partial charge is 0.134 e. The van der Waals surface area contributed by atoms with Crippen molar-refractivity contribution in [2.45, 2.75) is 6.92 Å². The quantitative estimate of drug-likeness (QED) is 0.595. The fraction of sp³-hybridized carbons (Fsp3) is 0.125. The summed E-state index contributed by atoms with van der Waals surface area (Å²) in [6, 6.07) is 15.2. The zero-order valence-electron chi connectivity index (χ0n) is 10.1. The first-order valence-electron chi connectivity index (χ1n) is 6.02. The number of benzene rings is 2. The number of fused-ring (bicyclic) bond motifs is 3. The van der Waals surface area contributed by atoms with Crippen LogP contribution in [0.25, 0.3) is 16.7 Å². The summed E-state index contributed by atoms with van der Waals surface area (Å²) in [4.78, 5) is 0. The monoisotopic (exact) mass is 316 g/mol. The third-order valence-corrected chi connectivity index (χ3v) is 4.38. The Morgan fingerprint density at radius 1 is 1.00 bits per heavy atom. The van der Waals surface area contributed by atoms with Crippen LogP contribution in [0.15, 0.2) is 52.3 Å². The summed E-state index contributed by atoms with van der Waals surface area (Å²) in [7, 11) is 0. The molecule has 0 aliphatic heterocycles. The lowest BCUT2D eigenvalue weighted by atomic mass is 10.1. The molecular weight excluding hydrogens is 304 g/mol. The van der Waals surface area contributed by atoms with E-state index in [-0.39, 0.29) is 0 Å². The normalized spacial score (nSPS) is 14.7. The Balaban J connectivity index is 2.25. The van der Waals surface area contributed by atoms with Crippen molar-refractivity contribution in [1.82, 2.24) is 0 Å². The van der Waals surface area contributed by atoms with Crippen LogP contribution in [0.3, 0.4) is 0 Å². The Hall–Kier alpha value is -0.990. The Morgan fingerprint density at radius 3 is 2.50 bits per heavy atom. The summed E-state index contributed by atoms with van der Waals surface area (Å²) in [6.45, 7) is 2.18. The van der Waals surface area contributed by atoms with Crippen molar-refractivity contribution < 1.29 is 0 Å². The fourth-order valence-corrected chi connectivity index (χ4v) is 3.31. The zero-order valence-corrected chi connectivity index (χ0v) is 12.5. The average Bonchev–Trinajstić information content (AvgIpc) is 2.70. The average molecular weight is 317 g/mol. The van der Waals surface area contributed by atoms with Gasteiger partial charge in [0.15, 0.2) is 0 Å². The highest BCUT2D eigenvalue weighted by Crippen LogP contribution is 2.45. The predicted molar refractivity (Wildman–Crippen MR) is 84.8 cm³/mol. The molecule has 0 radical (unpaired) electrons. The van der Waals surface area contributed by atoms with Gasteiger partial charge in [-0.05, 0) is 51.1 Å². The van der Waals surface area contributed by atoms with E-state index in [1.165, 1.54) is 27.8 Å². The smallest absolute Gasteiger partial charge is 0.0181 e. The van der Waals surface area contributed by atoms with Crippen molar-refractivity contribution in [2.24, 2.45) is 0 Å². The highest BCUT2D eigenvalue weighted by atomic mass is 79.9. The van der Waals surface area contributed by atoms with E-state index < -0.39 is 0 Å². The van der Waals surface area contributed by atoms with Gasteiger partial charge in [0.2, 0.25) is 0 Å². The molecule has 0 aromatic heterocycles. The third kappa shape index (κ3) is 1.94. The summed E-state index contributed by atoms with van der Waals surface area (Å²) in [5, 5.41) is 2.29. The first kappa shape index (κ1) is 12.1. The molecule has 0 N–H and O–H groups in total. The molecule has 2 heteroatoms. The molecule has 2 aromatic rings. The van der Waals surface area contributed by atoms with Gasteiger partial charge in [-0.1, -0.05) is 53.2 Å². The van der Waals surface area contributed by atoms with E-state index in [1.54, 1.807) is 0 Å². The molecule has 1 aliphatic carbocycles. The van der Waals surface area contributed by atoms with Crippen molar-refractivity contribution >= 4 is 33.3 Å². The predicted octanol–water partition coefficient (Wildman–Crippen LogP) is 5.57. The second-order valence-corrected chi connectivity index (χ2v) is 6.28. The lowest BCUT2D eigenvalue weighted by Gasteiger charge is -2.02. The van der Waals surface area contributed by atoms with Crippen LogP contribution in [0.5, 0.6) is 0 Å². The summed E-state index contributed by atoms with van der Waals surface area (Å²) in [5.74, 6) is 1.11. The van der Waals surface area contributed by atoms with Crippen molar-refractivity contribution in [3.05, 3.63) is 63.5 Å². The van der Waals surface area contributed by atoms with Gasteiger partial charge in [-0.15, -0.1) is 11.8 Å². The van der Waals surface area contributed by atoms with Crippen LogP contribution in [0.4, 0.5) is 0 Å². The van der Waals surface area contributed by atoms with Crippen LogP contribution in [0, 0.1) is 0 Å². The third-order valence-electron chi connectivity index (χ3n) is 3.15. The second kappa shape index (κ2) is 4.94. The van der Waals surface area contributed by atoms with Crippen molar-refractivity contribution in [3.63, 3.8) is 0 Å². The SMILES string of the molecule is CCSC=C1c2ccccc2-c2ccc(Br)cc21. The Bertz CT molecular complexity index is 629. The molecule has 0 unspecified atom stereocenters. The van der Waals surface area contributed by atoms with E-state index in [0.29, 0.717) is 0 Å². The lowest BCUT2D eigenvalue weighted by Crippen LogP contribution is -1.80. The zero-order chi connectivity index (χ0) is 12.5. The molecule has 0 fully saturated rings. The maximum absolute atomic E-state index is 3.57. The van der Waals surface area contributed by atoms with E-state index in [2.05, 4.69) is 70.7 Å². The van der Waals surface area contributed by atoms with Crippen LogP contribution >= 0.6 is 27.7 Å². The van der Waals surface area contributed by atoms with Crippen LogP contribution in [-0.2, 0) is 0 Å². The molecule has 90 valence electrons. The molecular formula is C16H13BrS. The molecule has 0 saturated carbocycles. The van der Waals surface area contributed by atoms with Crippen LogP contribution in [-0.4, -0.2) is 5.75 Å². The highest BCUT2D eigenvalue weighted by Gasteiger charge is 2.22. The van der Waals surface area contributed by atoms with Crippen LogP contribution < -0.4 is 0 Å². The first-order chi connectivity index (χ1) is 8.81. The van der Waals surface area contributed by atoms with Gasteiger partial charge >= 0.3 is 0 Å². The molecule has 1 aliphatic rings. The van der Waals surface area contributed by atoms with E-state index in [4.69, 9.17) is 0 Å². The van der Waals surface area contributed by atoms with E-state index in [1.807, 2.05) is 11.8 Å². The van der Waals surface area contributed by atoms with Crippen molar-refractivity contribution in [2.75, 3.05) is 5.75 Å². The first-order valence-corrected chi connectivity index (χ1v) is 7.87. The summed E-state index contributed by atoms with van der Waals surface area (Å²) >= 11 is 5.43. The molecule has 3 rings (SSSR count). The van der Waals surface area contributed by atoms with Gasteiger partial charge in [0.05, 0.1) is 0 Å². The number of halogens is 1. The minimum atomic E-state index is 1.11. The number of hydrogen-bond acceptors (Lipinski definition) is 1. The standard InChI is InChI=1S/C16H13BrS/c1-2-18-10-16-13-6-4-3-5-12(13)14-8-7-11(17)9-15(14)16/h3-10H,2H2,1H3. The molecule has 0 bridgehead atoms. The van der Waals surface area contributed by atoms with Gasteiger partial charge in [-0.25, -0.2) is 0 Å². The lowest BCUT2D eigenvalue weighted by molar-refractivity contribution is 1.53. The van der Waals surface area contributed by atoms with Crippen LogP contribution in [0.2, 0.25) is 0 Å². The van der Waals surface area contributed by atoms with Crippen molar-refractivity contribution in [1.29, 1.82) is 0 Å². The van der Waals surface area contributed by atoms with E-state index >= 15 is 0 Å². The number of hydrogen-bond donors (Lipinski definition) is 0. The minimum absolute atomic E-state index is 1.11. The fourth-order valence-electron chi connectivity index (χ4n) is 2.37. The van der Waals surface area contributed by atoms with Gasteiger partial charge in [-0.2, -0.15) is 0 Å². The Labute approximate surface area is 120 Å². The number of thioether (sulfide) groups is 1. The topological polar surface area (TPSA) is 0 Å². The van der Waals surface area contributed by atoms with Gasteiger partial charge in [0.1, 0.15) is 0 Å². The number of rotatable bonds is 2. The van der Waals surface area contributed by atoms with Crippen molar-refractivity contribution in [3.8, 4) is 11.1 Å². The maximum Gasteiger partial charge on any atom is 0.0181 e.